The lowest BCUT2D eigenvalue weighted by molar-refractivity contribution is -0.137. The molecule has 7 nitrogen and oxygen atoms in total. The molecule has 2 aromatic heterocycles. The Morgan fingerprint density at radius 2 is 1.67 bits per heavy atom. The van der Waals surface area contributed by atoms with Crippen molar-refractivity contribution < 1.29 is 22.6 Å². The summed E-state index contributed by atoms with van der Waals surface area (Å²) in [7, 11) is 1.61. The Morgan fingerprint density at radius 3 is 2.33 bits per heavy atom. The molecule has 0 radical (unpaired) electrons. The maximum Gasteiger partial charge on any atom is 0.416 e. The summed E-state index contributed by atoms with van der Waals surface area (Å²) in [6.45, 7) is 4.81. The molecule has 10 heteroatoms. The smallest absolute Gasteiger partial charge is 0.416 e. The molecule has 0 aliphatic heterocycles. The molecule has 0 aliphatic carbocycles. The summed E-state index contributed by atoms with van der Waals surface area (Å²) < 4.78 is 53.8. The van der Waals surface area contributed by atoms with Crippen molar-refractivity contribution in [3.05, 3.63) is 118 Å². The van der Waals surface area contributed by atoms with Crippen LogP contribution in [0.15, 0.2) is 83.8 Å². The SMILES string of the molecule is CCOc1ccc(-n2c(C(C)n3cc(CCOC)nc3Cc3ccc(C(F)(F)F)cc3)nc3ccccc3c2=O)cc1. The van der Waals surface area contributed by atoms with Gasteiger partial charge in [0.2, 0.25) is 0 Å². The molecule has 5 rings (SSSR count). The quantitative estimate of drug-likeness (QED) is 0.193. The van der Waals surface area contributed by atoms with Gasteiger partial charge in [-0.15, -0.1) is 0 Å². The fraction of sp³-hybridized carbons (Fsp3) is 0.281. The molecule has 0 aliphatic rings. The molecule has 0 bridgehead atoms. The van der Waals surface area contributed by atoms with Crippen LogP contribution in [0, 0.1) is 0 Å². The molecule has 1 unspecified atom stereocenters. The number of para-hydroxylation sites is 1. The lowest BCUT2D eigenvalue weighted by Gasteiger charge is -2.21. The number of halogens is 3. The van der Waals surface area contributed by atoms with E-state index in [9.17, 15) is 18.0 Å². The van der Waals surface area contributed by atoms with Crippen LogP contribution >= 0.6 is 0 Å². The van der Waals surface area contributed by atoms with Gasteiger partial charge >= 0.3 is 6.18 Å². The highest BCUT2D eigenvalue weighted by atomic mass is 19.4. The summed E-state index contributed by atoms with van der Waals surface area (Å²) in [4.78, 5) is 23.6. The molecule has 42 heavy (non-hydrogen) atoms. The summed E-state index contributed by atoms with van der Waals surface area (Å²) in [5.74, 6) is 1.81. The van der Waals surface area contributed by atoms with E-state index in [1.165, 1.54) is 12.1 Å². The van der Waals surface area contributed by atoms with Gasteiger partial charge in [-0.2, -0.15) is 13.2 Å². The van der Waals surface area contributed by atoms with Crippen LogP contribution in [-0.4, -0.2) is 39.4 Å². The zero-order valence-electron chi connectivity index (χ0n) is 23.6. The first-order valence-corrected chi connectivity index (χ1v) is 13.7. The average molecular weight is 577 g/mol. The molecule has 0 saturated carbocycles. The van der Waals surface area contributed by atoms with Crippen molar-refractivity contribution in [1.82, 2.24) is 19.1 Å². The Labute approximate surface area is 241 Å². The van der Waals surface area contributed by atoms with Crippen LogP contribution < -0.4 is 10.3 Å². The van der Waals surface area contributed by atoms with E-state index < -0.39 is 17.8 Å². The van der Waals surface area contributed by atoms with E-state index in [2.05, 4.69) is 0 Å². The lowest BCUT2D eigenvalue weighted by atomic mass is 10.1. The van der Waals surface area contributed by atoms with Gasteiger partial charge in [0.05, 0.1) is 47.1 Å². The summed E-state index contributed by atoms with van der Waals surface area (Å²) >= 11 is 0. The Hall–Kier alpha value is -4.44. The third-order valence-electron chi connectivity index (χ3n) is 7.06. The zero-order valence-corrected chi connectivity index (χ0v) is 23.6. The van der Waals surface area contributed by atoms with Gasteiger partial charge in [-0.25, -0.2) is 9.97 Å². The Kier molecular flexibility index (Phi) is 8.44. The first kappa shape index (κ1) is 29.1. The standard InChI is InChI=1S/C32H31F3N4O3/c1-4-42-26-15-13-25(14-16-26)39-30(37-28-8-6-5-7-27(28)31(39)40)21(2)38-20-24(17-18-41-3)36-29(38)19-22-9-11-23(12-10-22)32(33,34)35/h5-16,20-21H,4,17-19H2,1-3H3. The van der Waals surface area contributed by atoms with E-state index in [1.54, 1.807) is 29.9 Å². The summed E-state index contributed by atoms with van der Waals surface area (Å²) in [6, 6.07) is 19.1. The second kappa shape index (κ2) is 12.2. The van der Waals surface area contributed by atoms with Crippen molar-refractivity contribution >= 4 is 10.9 Å². The monoisotopic (exact) mass is 576 g/mol. The number of alkyl halides is 3. The molecular weight excluding hydrogens is 545 g/mol. The van der Waals surface area contributed by atoms with E-state index in [4.69, 9.17) is 19.4 Å². The minimum atomic E-state index is -4.41. The van der Waals surface area contributed by atoms with Gasteiger partial charge in [-0.3, -0.25) is 9.36 Å². The van der Waals surface area contributed by atoms with Gasteiger partial charge < -0.3 is 14.0 Å². The number of hydrogen-bond acceptors (Lipinski definition) is 5. The Balaban J connectivity index is 1.62. The topological polar surface area (TPSA) is 71.2 Å². The highest BCUT2D eigenvalue weighted by Gasteiger charge is 2.30. The van der Waals surface area contributed by atoms with Crippen LogP contribution in [0.4, 0.5) is 13.2 Å². The van der Waals surface area contributed by atoms with Crippen molar-refractivity contribution in [2.45, 2.75) is 38.9 Å². The van der Waals surface area contributed by atoms with Crippen LogP contribution in [0.2, 0.25) is 0 Å². The van der Waals surface area contributed by atoms with Crippen molar-refractivity contribution in [3.63, 3.8) is 0 Å². The van der Waals surface area contributed by atoms with Crippen molar-refractivity contribution in [1.29, 1.82) is 0 Å². The van der Waals surface area contributed by atoms with Crippen LogP contribution in [0.25, 0.3) is 16.6 Å². The number of hydrogen-bond donors (Lipinski definition) is 0. The minimum Gasteiger partial charge on any atom is -0.494 e. The van der Waals surface area contributed by atoms with E-state index in [-0.39, 0.29) is 12.0 Å². The van der Waals surface area contributed by atoms with Gasteiger partial charge in [0.15, 0.2) is 0 Å². The third-order valence-corrected chi connectivity index (χ3v) is 7.06. The third kappa shape index (κ3) is 6.08. The largest absolute Gasteiger partial charge is 0.494 e. The average Bonchev–Trinajstić information content (AvgIpc) is 3.38. The number of aromatic nitrogens is 4. The molecule has 2 heterocycles. The molecule has 3 aromatic carbocycles. The maximum atomic E-state index is 13.9. The first-order chi connectivity index (χ1) is 20.2. The van der Waals surface area contributed by atoms with E-state index in [0.29, 0.717) is 59.2 Å². The van der Waals surface area contributed by atoms with Crippen molar-refractivity contribution in [3.8, 4) is 11.4 Å². The predicted molar refractivity (Wildman–Crippen MR) is 154 cm³/mol. The van der Waals surface area contributed by atoms with E-state index in [0.717, 1.165) is 17.8 Å². The fourth-order valence-corrected chi connectivity index (χ4v) is 4.94. The van der Waals surface area contributed by atoms with E-state index >= 15 is 0 Å². The van der Waals surface area contributed by atoms with Gasteiger partial charge in [0.1, 0.15) is 17.4 Å². The van der Waals surface area contributed by atoms with Crippen LogP contribution in [0.3, 0.4) is 0 Å². The van der Waals surface area contributed by atoms with Gasteiger partial charge in [0.25, 0.3) is 5.56 Å². The minimum absolute atomic E-state index is 0.212. The maximum absolute atomic E-state index is 13.9. The second-order valence-corrected chi connectivity index (χ2v) is 9.90. The Bertz CT molecular complexity index is 1730. The highest BCUT2D eigenvalue weighted by Crippen LogP contribution is 2.30. The van der Waals surface area contributed by atoms with Crippen LogP contribution in [0.5, 0.6) is 5.75 Å². The normalized spacial score (nSPS) is 12.5. The summed E-state index contributed by atoms with van der Waals surface area (Å²) in [5, 5.41) is 0.485. The molecule has 0 spiro atoms. The first-order valence-electron chi connectivity index (χ1n) is 13.7. The molecule has 1 atom stereocenters. The molecule has 0 N–H and O–H groups in total. The number of imidazole rings is 1. The molecule has 218 valence electrons. The molecule has 0 fully saturated rings. The van der Waals surface area contributed by atoms with Gasteiger partial charge in [0, 0.05) is 26.1 Å². The predicted octanol–water partition coefficient (Wildman–Crippen LogP) is 6.39. The highest BCUT2D eigenvalue weighted by molar-refractivity contribution is 5.78. The van der Waals surface area contributed by atoms with Crippen molar-refractivity contribution in [2.24, 2.45) is 0 Å². The summed E-state index contributed by atoms with van der Waals surface area (Å²) in [5.41, 5.74) is 1.72. The molecule has 5 aromatic rings. The van der Waals surface area contributed by atoms with Crippen molar-refractivity contribution in [2.75, 3.05) is 20.3 Å². The lowest BCUT2D eigenvalue weighted by Crippen LogP contribution is -2.27. The number of benzene rings is 3. The van der Waals surface area contributed by atoms with Crippen LogP contribution in [0.1, 0.15) is 48.4 Å². The van der Waals surface area contributed by atoms with E-state index in [1.807, 2.05) is 54.9 Å². The fourth-order valence-electron chi connectivity index (χ4n) is 4.94. The number of fused-ring (bicyclic) bond motifs is 1. The van der Waals surface area contributed by atoms with Gasteiger partial charge in [-0.05, 0) is 67.9 Å². The Morgan fingerprint density at radius 1 is 0.952 bits per heavy atom. The summed E-state index contributed by atoms with van der Waals surface area (Å²) in [6.07, 6.45) is -1.68. The second-order valence-electron chi connectivity index (χ2n) is 9.90. The number of ether oxygens (including phenoxy) is 2. The molecule has 0 saturated heterocycles. The number of nitrogens with zero attached hydrogens (tertiary/aromatic N) is 4. The zero-order chi connectivity index (χ0) is 29.9. The van der Waals surface area contributed by atoms with Gasteiger partial charge in [-0.1, -0.05) is 24.3 Å². The number of rotatable bonds is 10. The number of methoxy groups -OCH3 is 1. The van der Waals surface area contributed by atoms with Crippen LogP contribution in [-0.2, 0) is 23.8 Å². The molecular formula is C32H31F3N4O3. The molecule has 0 amide bonds.